The van der Waals surface area contributed by atoms with Gasteiger partial charge in [0.05, 0.1) is 18.6 Å². The number of nitrogens with one attached hydrogen (secondary N) is 1. The number of hydrogen-bond donors (Lipinski definition) is 1. The fraction of sp³-hybridized carbons (Fsp3) is 0.333. The zero-order valence-corrected chi connectivity index (χ0v) is 10.4. The van der Waals surface area contributed by atoms with Crippen molar-refractivity contribution in [2.75, 3.05) is 12.8 Å². The molecule has 8 nitrogen and oxygen atoms in total. The van der Waals surface area contributed by atoms with Crippen LogP contribution in [0.1, 0.15) is 0 Å². The van der Waals surface area contributed by atoms with Crippen LogP contribution in [0.2, 0.25) is 0 Å². The van der Waals surface area contributed by atoms with Crippen molar-refractivity contribution < 1.29 is 8.42 Å². The summed E-state index contributed by atoms with van der Waals surface area (Å²) < 4.78 is 25.5. The Kier molecular flexibility index (Phi) is 3.34. The molecule has 2 heterocycles. The molecule has 0 fully saturated rings. The van der Waals surface area contributed by atoms with E-state index in [1.165, 1.54) is 17.1 Å². The van der Waals surface area contributed by atoms with E-state index in [1.807, 2.05) is 0 Å². The quantitative estimate of drug-likeness (QED) is 0.742. The topological polar surface area (TPSA) is 107 Å². The Morgan fingerprint density at radius 3 is 2.83 bits per heavy atom. The molecule has 0 radical (unpaired) electrons. The van der Waals surface area contributed by atoms with Gasteiger partial charge in [0.15, 0.2) is 5.65 Å². The lowest BCUT2D eigenvalue weighted by Gasteiger charge is -2.08. The smallest absolute Gasteiger partial charge is 0.270 e. The SMILES string of the molecule is CS(=O)(=O)NCCn1c(=O)cnc2cncnc21. The number of sulfonamides is 1. The molecular weight excluding hydrogens is 258 g/mol. The van der Waals surface area contributed by atoms with E-state index in [0.29, 0.717) is 11.2 Å². The van der Waals surface area contributed by atoms with Gasteiger partial charge >= 0.3 is 0 Å². The standard InChI is InChI=1S/C9H11N5O3S/c1-18(16,17)13-2-3-14-8(15)5-11-7-4-10-6-12-9(7)14/h4-6,13H,2-3H2,1H3. The summed E-state index contributed by atoms with van der Waals surface area (Å²) in [5, 5.41) is 0. The van der Waals surface area contributed by atoms with Crippen molar-refractivity contribution in [3.8, 4) is 0 Å². The molecule has 0 aliphatic rings. The van der Waals surface area contributed by atoms with E-state index in [0.717, 1.165) is 12.5 Å². The molecule has 96 valence electrons. The van der Waals surface area contributed by atoms with Crippen LogP contribution in [-0.4, -0.2) is 40.7 Å². The minimum Gasteiger partial charge on any atom is -0.289 e. The third-order valence-corrected chi connectivity index (χ3v) is 2.94. The van der Waals surface area contributed by atoms with Gasteiger partial charge in [-0.3, -0.25) is 9.36 Å². The number of fused-ring (bicyclic) bond motifs is 1. The molecule has 0 spiro atoms. The lowest BCUT2D eigenvalue weighted by molar-refractivity contribution is 0.578. The highest BCUT2D eigenvalue weighted by Crippen LogP contribution is 2.02. The Balaban J connectivity index is 2.32. The molecule has 1 N–H and O–H groups in total. The minimum absolute atomic E-state index is 0.113. The van der Waals surface area contributed by atoms with Gasteiger partial charge in [-0.25, -0.2) is 28.1 Å². The maximum Gasteiger partial charge on any atom is 0.270 e. The maximum absolute atomic E-state index is 11.7. The van der Waals surface area contributed by atoms with Gasteiger partial charge < -0.3 is 0 Å². The summed E-state index contributed by atoms with van der Waals surface area (Å²) in [4.78, 5) is 23.3. The van der Waals surface area contributed by atoms with Crippen molar-refractivity contribution in [2.45, 2.75) is 6.54 Å². The van der Waals surface area contributed by atoms with Crippen LogP contribution in [0.3, 0.4) is 0 Å². The number of rotatable bonds is 4. The fourth-order valence-corrected chi connectivity index (χ4v) is 1.93. The Bertz CT molecular complexity index is 724. The van der Waals surface area contributed by atoms with E-state index in [1.54, 1.807) is 0 Å². The second-order valence-corrected chi connectivity index (χ2v) is 5.48. The normalized spacial score (nSPS) is 11.8. The van der Waals surface area contributed by atoms with Crippen LogP contribution in [0.25, 0.3) is 11.2 Å². The summed E-state index contributed by atoms with van der Waals surface area (Å²) in [7, 11) is -3.27. The monoisotopic (exact) mass is 269 g/mol. The van der Waals surface area contributed by atoms with Crippen molar-refractivity contribution in [1.29, 1.82) is 0 Å². The number of nitrogens with zero attached hydrogens (tertiary/aromatic N) is 4. The summed E-state index contributed by atoms with van der Waals surface area (Å²) in [5.41, 5.74) is 0.528. The molecule has 0 aromatic carbocycles. The predicted molar refractivity (Wildman–Crippen MR) is 64.4 cm³/mol. The first kappa shape index (κ1) is 12.6. The summed E-state index contributed by atoms with van der Waals surface area (Å²) in [6, 6.07) is 0. The molecule has 0 atom stereocenters. The summed E-state index contributed by atoms with van der Waals surface area (Å²) >= 11 is 0. The lowest BCUT2D eigenvalue weighted by atomic mass is 10.4. The Labute approximate surface area is 103 Å². The molecule has 2 aromatic heterocycles. The van der Waals surface area contributed by atoms with Crippen LogP contribution < -0.4 is 10.3 Å². The van der Waals surface area contributed by atoms with Crippen LogP contribution in [0.15, 0.2) is 23.5 Å². The first-order valence-electron chi connectivity index (χ1n) is 5.07. The zero-order valence-electron chi connectivity index (χ0n) is 9.57. The van der Waals surface area contributed by atoms with Gasteiger partial charge in [-0.2, -0.15) is 0 Å². The molecule has 0 aliphatic carbocycles. The second-order valence-electron chi connectivity index (χ2n) is 3.65. The molecule has 2 aromatic rings. The maximum atomic E-state index is 11.7. The minimum atomic E-state index is -3.27. The molecule has 0 saturated heterocycles. The van der Waals surface area contributed by atoms with E-state index < -0.39 is 10.0 Å². The molecule has 9 heteroatoms. The Morgan fingerprint density at radius 2 is 2.11 bits per heavy atom. The van der Waals surface area contributed by atoms with Crippen molar-refractivity contribution in [3.63, 3.8) is 0 Å². The van der Waals surface area contributed by atoms with Crippen LogP contribution in [0.4, 0.5) is 0 Å². The van der Waals surface area contributed by atoms with Crippen LogP contribution >= 0.6 is 0 Å². The molecule has 0 amide bonds. The van der Waals surface area contributed by atoms with Gasteiger partial charge in [-0.15, -0.1) is 0 Å². The van der Waals surface area contributed by atoms with E-state index in [2.05, 4.69) is 19.7 Å². The van der Waals surface area contributed by atoms with E-state index in [-0.39, 0.29) is 18.6 Å². The van der Waals surface area contributed by atoms with Gasteiger partial charge in [-0.05, 0) is 0 Å². The first-order valence-corrected chi connectivity index (χ1v) is 6.97. The van der Waals surface area contributed by atoms with Crippen LogP contribution in [0.5, 0.6) is 0 Å². The van der Waals surface area contributed by atoms with Gasteiger partial charge in [0.1, 0.15) is 11.8 Å². The largest absolute Gasteiger partial charge is 0.289 e. The third-order valence-electron chi connectivity index (χ3n) is 2.21. The van der Waals surface area contributed by atoms with Gasteiger partial charge in [0.25, 0.3) is 5.56 Å². The van der Waals surface area contributed by atoms with Crippen LogP contribution in [-0.2, 0) is 16.6 Å². The summed E-state index contributed by atoms with van der Waals surface area (Å²) in [5.74, 6) is 0. The highest BCUT2D eigenvalue weighted by molar-refractivity contribution is 7.88. The van der Waals surface area contributed by atoms with Crippen LogP contribution in [0, 0.1) is 0 Å². The molecule has 0 unspecified atom stereocenters. The summed E-state index contributed by atoms with van der Waals surface area (Å²) in [6.45, 7) is 0.295. The predicted octanol–water partition coefficient (Wildman–Crippen LogP) is -1.26. The Morgan fingerprint density at radius 1 is 1.33 bits per heavy atom. The second kappa shape index (κ2) is 4.78. The molecule has 2 rings (SSSR count). The summed E-state index contributed by atoms with van der Waals surface area (Å²) in [6.07, 6.45) is 5.01. The third kappa shape index (κ3) is 2.87. The lowest BCUT2D eigenvalue weighted by Crippen LogP contribution is -2.30. The average molecular weight is 269 g/mol. The van der Waals surface area contributed by atoms with Gasteiger partial charge in [0.2, 0.25) is 10.0 Å². The van der Waals surface area contributed by atoms with Crippen molar-refractivity contribution >= 4 is 21.2 Å². The average Bonchev–Trinajstić information content (AvgIpc) is 2.31. The van der Waals surface area contributed by atoms with E-state index in [4.69, 9.17) is 0 Å². The molecule has 0 aliphatic heterocycles. The fourth-order valence-electron chi connectivity index (χ4n) is 1.47. The molecular formula is C9H11N5O3S. The van der Waals surface area contributed by atoms with Crippen molar-refractivity contribution in [3.05, 3.63) is 29.1 Å². The van der Waals surface area contributed by atoms with E-state index >= 15 is 0 Å². The zero-order chi connectivity index (χ0) is 13.2. The highest BCUT2D eigenvalue weighted by atomic mass is 32.2. The van der Waals surface area contributed by atoms with Gasteiger partial charge in [-0.1, -0.05) is 0 Å². The van der Waals surface area contributed by atoms with E-state index in [9.17, 15) is 13.2 Å². The molecule has 0 saturated carbocycles. The van der Waals surface area contributed by atoms with Crippen molar-refractivity contribution in [2.24, 2.45) is 0 Å². The number of aromatic nitrogens is 4. The first-order chi connectivity index (χ1) is 8.47. The molecule has 18 heavy (non-hydrogen) atoms. The van der Waals surface area contributed by atoms with Gasteiger partial charge in [0, 0.05) is 13.1 Å². The Hall–Kier alpha value is -1.87. The number of hydrogen-bond acceptors (Lipinski definition) is 6. The highest BCUT2D eigenvalue weighted by Gasteiger charge is 2.06. The molecule has 0 bridgehead atoms. The van der Waals surface area contributed by atoms with Crippen molar-refractivity contribution in [1.82, 2.24) is 24.2 Å².